The number of nitrogens with one attached hydrogen (secondary N) is 1. The molecule has 0 bridgehead atoms. The number of benzene rings is 2. The SMILES string of the molecule is Cc1ccc(NC(=O)N2CCN(Cc3nc(-c4cccc(Cl)c4)oc3C)CC2)cc1. The molecule has 1 aliphatic rings. The van der Waals surface area contributed by atoms with Crippen molar-refractivity contribution in [2.24, 2.45) is 0 Å². The van der Waals surface area contributed by atoms with Crippen LogP contribution < -0.4 is 5.32 Å². The second-order valence-corrected chi connectivity index (χ2v) is 8.03. The average molecular weight is 425 g/mol. The van der Waals surface area contributed by atoms with Gasteiger partial charge in [-0.2, -0.15) is 0 Å². The van der Waals surface area contributed by atoms with Gasteiger partial charge in [-0.25, -0.2) is 9.78 Å². The van der Waals surface area contributed by atoms with Crippen molar-refractivity contribution in [2.45, 2.75) is 20.4 Å². The molecule has 1 N–H and O–H groups in total. The Labute approximate surface area is 181 Å². The minimum absolute atomic E-state index is 0.0561. The number of hydrogen-bond acceptors (Lipinski definition) is 4. The maximum Gasteiger partial charge on any atom is 0.321 e. The fourth-order valence-corrected chi connectivity index (χ4v) is 3.67. The number of anilines is 1. The lowest BCUT2D eigenvalue weighted by Gasteiger charge is -2.34. The van der Waals surface area contributed by atoms with Gasteiger partial charge in [-0.1, -0.05) is 35.4 Å². The summed E-state index contributed by atoms with van der Waals surface area (Å²) in [7, 11) is 0. The molecule has 0 unspecified atom stereocenters. The molecule has 1 aliphatic heterocycles. The highest BCUT2D eigenvalue weighted by Crippen LogP contribution is 2.25. The molecule has 3 aromatic rings. The van der Waals surface area contributed by atoms with Crippen molar-refractivity contribution < 1.29 is 9.21 Å². The lowest BCUT2D eigenvalue weighted by molar-refractivity contribution is 0.141. The Morgan fingerprint density at radius 2 is 1.83 bits per heavy atom. The number of urea groups is 1. The van der Waals surface area contributed by atoms with Crippen molar-refractivity contribution in [1.29, 1.82) is 0 Å². The van der Waals surface area contributed by atoms with Crippen molar-refractivity contribution in [3.05, 3.63) is 70.6 Å². The van der Waals surface area contributed by atoms with Gasteiger partial charge in [0.15, 0.2) is 0 Å². The van der Waals surface area contributed by atoms with Crippen molar-refractivity contribution in [3.8, 4) is 11.5 Å². The van der Waals surface area contributed by atoms with Crippen LogP contribution >= 0.6 is 11.6 Å². The number of nitrogens with zero attached hydrogens (tertiary/aromatic N) is 3. The largest absolute Gasteiger partial charge is 0.441 e. The molecular formula is C23H25ClN4O2. The topological polar surface area (TPSA) is 61.6 Å². The molecule has 6 nitrogen and oxygen atoms in total. The van der Waals surface area contributed by atoms with Crippen LogP contribution in [0.1, 0.15) is 17.0 Å². The molecule has 2 heterocycles. The quantitative estimate of drug-likeness (QED) is 0.642. The normalized spacial score (nSPS) is 14.7. The van der Waals surface area contributed by atoms with E-state index in [2.05, 4.69) is 15.2 Å². The van der Waals surface area contributed by atoms with Gasteiger partial charge in [0.05, 0.1) is 5.69 Å². The fraction of sp³-hybridized carbons (Fsp3) is 0.304. The average Bonchev–Trinajstić information content (AvgIpc) is 3.10. The van der Waals surface area contributed by atoms with Crippen LogP contribution in [0.25, 0.3) is 11.5 Å². The number of aryl methyl sites for hydroxylation is 2. The summed E-state index contributed by atoms with van der Waals surface area (Å²) in [5.41, 5.74) is 3.78. The lowest BCUT2D eigenvalue weighted by atomic mass is 10.2. The van der Waals surface area contributed by atoms with E-state index in [0.717, 1.165) is 35.8 Å². The zero-order valence-electron chi connectivity index (χ0n) is 17.2. The first-order valence-electron chi connectivity index (χ1n) is 10.0. The molecule has 1 aromatic heterocycles. The highest BCUT2D eigenvalue weighted by atomic mass is 35.5. The van der Waals surface area contributed by atoms with Gasteiger partial charge < -0.3 is 14.6 Å². The number of halogens is 1. The van der Waals surface area contributed by atoms with Gasteiger partial charge in [0.25, 0.3) is 0 Å². The molecule has 2 amide bonds. The van der Waals surface area contributed by atoms with E-state index in [4.69, 9.17) is 16.0 Å². The van der Waals surface area contributed by atoms with E-state index in [0.29, 0.717) is 30.5 Å². The molecule has 4 rings (SSSR count). The monoisotopic (exact) mass is 424 g/mol. The van der Waals surface area contributed by atoms with E-state index >= 15 is 0 Å². The molecule has 0 saturated carbocycles. The standard InChI is InChI=1S/C23H25ClN4O2/c1-16-6-8-20(9-7-16)25-23(29)28-12-10-27(11-13-28)15-21-17(2)30-22(26-21)18-4-3-5-19(24)14-18/h3-9,14H,10-13,15H2,1-2H3,(H,25,29). The van der Waals surface area contributed by atoms with Gasteiger partial charge in [-0.05, 0) is 44.2 Å². The van der Waals surface area contributed by atoms with Crippen molar-refractivity contribution >= 4 is 23.3 Å². The van der Waals surface area contributed by atoms with Crippen LogP contribution in [0.4, 0.5) is 10.5 Å². The number of carbonyl (C=O) groups excluding carboxylic acids is 1. The summed E-state index contributed by atoms with van der Waals surface area (Å²) < 4.78 is 5.86. The number of oxazole rings is 1. The number of amides is 2. The number of aromatic nitrogens is 1. The predicted octanol–water partition coefficient (Wildman–Crippen LogP) is 4.96. The molecule has 0 spiro atoms. The van der Waals surface area contributed by atoms with Crippen LogP contribution in [0.3, 0.4) is 0 Å². The molecular weight excluding hydrogens is 400 g/mol. The Kier molecular flexibility index (Phi) is 6.06. The van der Waals surface area contributed by atoms with Crippen LogP contribution in [0.2, 0.25) is 5.02 Å². The predicted molar refractivity (Wildman–Crippen MR) is 119 cm³/mol. The first-order chi connectivity index (χ1) is 14.5. The Morgan fingerprint density at radius 1 is 1.10 bits per heavy atom. The summed E-state index contributed by atoms with van der Waals surface area (Å²) in [6.45, 7) is 7.59. The Hall–Kier alpha value is -2.83. The van der Waals surface area contributed by atoms with Crippen LogP contribution in [-0.4, -0.2) is 47.0 Å². The first kappa shape index (κ1) is 20.4. The van der Waals surface area contributed by atoms with Gasteiger partial charge in [0, 0.05) is 49.0 Å². The molecule has 0 aliphatic carbocycles. The zero-order chi connectivity index (χ0) is 21.1. The Bertz CT molecular complexity index is 1020. The van der Waals surface area contributed by atoms with Crippen molar-refractivity contribution in [2.75, 3.05) is 31.5 Å². The molecule has 0 atom stereocenters. The van der Waals surface area contributed by atoms with E-state index in [9.17, 15) is 4.79 Å². The molecule has 1 saturated heterocycles. The summed E-state index contributed by atoms with van der Waals surface area (Å²) in [6.07, 6.45) is 0. The molecule has 7 heteroatoms. The summed E-state index contributed by atoms with van der Waals surface area (Å²) in [5.74, 6) is 1.39. The number of piperazine rings is 1. The molecule has 156 valence electrons. The molecule has 2 aromatic carbocycles. The highest BCUT2D eigenvalue weighted by Gasteiger charge is 2.23. The van der Waals surface area contributed by atoms with Gasteiger partial charge in [-0.3, -0.25) is 4.90 Å². The second-order valence-electron chi connectivity index (χ2n) is 7.59. The Balaban J connectivity index is 1.32. The first-order valence-corrected chi connectivity index (χ1v) is 10.4. The van der Waals surface area contributed by atoms with Crippen LogP contribution in [-0.2, 0) is 6.54 Å². The summed E-state index contributed by atoms with van der Waals surface area (Å²) in [4.78, 5) is 21.3. The van der Waals surface area contributed by atoms with E-state index in [1.165, 1.54) is 5.56 Å². The van der Waals surface area contributed by atoms with Crippen molar-refractivity contribution in [3.63, 3.8) is 0 Å². The van der Waals surface area contributed by atoms with Crippen LogP contribution in [0.15, 0.2) is 52.9 Å². The number of rotatable bonds is 4. The third-order valence-electron chi connectivity index (χ3n) is 5.30. The van der Waals surface area contributed by atoms with E-state index in [1.807, 2.05) is 67.3 Å². The lowest BCUT2D eigenvalue weighted by Crippen LogP contribution is -2.49. The third-order valence-corrected chi connectivity index (χ3v) is 5.54. The van der Waals surface area contributed by atoms with E-state index < -0.39 is 0 Å². The number of hydrogen-bond donors (Lipinski definition) is 1. The maximum absolute atomic E-state index is 12.5. The molecule has 1 fully saturated rings. The smallest absolute Gasteiger partial charge is 0.321 e. The Morgan fingerprint density at radius 3 is 2.53 bits per heavy atom. The minimum Gasteiger partial charge on any atom is -0.441 e. The van der Waals surface area contributed by atoms with Crippen LogP contribution in [0.5, 0.6) is 0 Å². The second kappa shape index (κ2) is 8.90. The van der Waals surface area contributed by atoms with E-state index in [1.54, 1.807) is 0 Å². The van der Waals surface area contributed by atoms with E-state index in [-0.39, 0.29) is 6.03 Å². The van der Waals surface area contributed by atoms with Gasteiger partial charge >= 0.3 is 6.03 Å². The van der Waals surface area contributed by atoms with Crippen LogP contribution in [0, 0.1) is 13.8 Å². The van der Waals surface area contributed by atoms with Gasteiger partial charge in [-0.15, -0.1) is 0 Å². The summed E-state index contributed by atoms with van der Waals surface area (Å²) in [6, 6.07) is 15.3. The summed E-state index contributed by atoms with van der Waals surface area (Å²) >= 11 is 6.08. The zero-order valence-corrected chi connectivity index (χ0v) is 17.9. The van der Waals surface area contributed by atoms with Gasteiger partial charge in [0.2, 0.25) is 5.89 Å². The maximum atomic E-state index is 12.5. The minimum atomic E-state index is -0.0561. The fourth-order valence-electron chi connectivity index (χ4n) is 3.48. The highest BCUT2D eigenvalue weighted by molar-refractivity contribution is 6.30. The molecule has 0 radical (unpaired) electrons. The van der Waals surface area contributed by atoms with Crippen molar-refractivity contribution in [1.82, 2.24) is 14.8 Å². The molecule has 30 heavy (non-hydrogen) atoms. The third kappa shape index (κ3) is 4.83. The van der Waals surface area contributed by atoms with Gasteiger partial charge in [0.1, 0.15) is 5.76 Å². The number of carbonyl (C=O) groups is 1. The summed E-state index contributed by atoms with van der Waals surface area (Å²) in [5, 5.41) is 3.63.